The van der Waals surface area contributed by atoms with Crippen LogP contribution >= 0.6 is 23.4 Å². The number of benzene rings is 2. The van der Waals surface area contributed by atoms with Crippen molar-refractivity contribution in [2.45, 2.75) is 18.1 Å². The number of nitrogens with one attached hydrogen (secondary N) is 2. The third-order valence-electron chi connectivity index (χ3n) is 4.82. The predicted octanol–water partition coefficient (Wildman–Crippen LogP) is 3.99. The molecule has 0 spiro atoms. The molecule has 3 aromatic rings. The lowest BCUT2D eigenvalue weighted by Crippen LogP contribution is -2.35. The molecule has 174 valence electrons. The monoisotopic (exact) mass is 488 g/mol. The Morgan fingerprint density at radius 3 is 2.39 bits per heavy atom. The number of amides is 3. The van der Waals surface area contributed by atoms with Crippen LogP contribution in [-0.4, -0.2) is 58.6 Å². The number of rotatable bonds is 8. The zero-order chi connectivity index (χ0) is 24.0. The van der Waals surface area contributed by atoms with Gasteiger partial charge in [0.1, 0.15) is 5.75 Å². The van der Waals surface area contributed by atoms with Crippen molar-refractivity contribution in [2.75, 3.05) is 32.3 Å². The maximum absolute atomic E-state index is 12.4. The summed E-state index contributed by atoms with van der Waals surface area (Å²) in [6, 6.07) is 13.4. The second-order valence-corrected chi connectivity index (χ2v) is 8.69. The van der Waals surface area contributed by atoms with Crippen LogP contribution in [0.2, 0.25) is 5.02 Å². The van der Waals surface area contributed by atoms with Gasteiger partial charge in [0.2, 0.25) is 5.91 Å². The van der Waals surface area contributed by atoms with Crippen LogP contribution in [0.1, 0.15) is 18.8 Å². The molecule has 0 saturated carbocycles. The lowest BCUT2D eigenvalue weighted by molar-refractivity contribution is -0.117. The zero-order valence-electron chi connectivity index (χ0n) is 18.7. The molecule has 3 rings (SSSR count). The lowest BCUT2D eigenvalue weighted by Gasteiger charge is -2.20. The van der Waals surface area contributed by atoms with Crippen molar-refractivity contribution in [3.05, 3.63) is 59.4 Å². The first-order valence-corrected chi connectivity index (χ1v) is 11.4. The van der Waals surface area contributed by atoms with Gasteiger partial charge >= 0.3 is 6.03 Å². The zero-order valence-corrected chi connectivity index (χ0v) is 20.3. The number of hydrogen-bond donors (Lipinski definition) is 2. The summed E-state index contributed by atoms with van der Waals surface area (Å²) in [7, 11) is 5.46. The Morgan fingerprint density at radius 1 is 1.12 bits per heavy atom. The van der Waals surface area contributed by atoms with Gasteiger partial charge in [-0.1, -0.05) is 23.4 Å². The van der Waals surface area contributed by atoms with Gasteiger partial charge in [0.15, 0.2) is 11.0 Å². The summed E-state index contributed by atoms with van der Waals surface area (Å²) >= 11 is 7.23. The molecule has 33 heavy (non-hydrogen) atoms. The fourth-order valence-electron chi connectivity index (χ4n) is 2.84. The van der Waals surface area contributed by atoms with Crippen molar-refractivity contribution in [3.8, 4) is 11.4 Å². The molecule has 2 N–H and O–H groups in total. The predicted molar refractivity (Wildman–Crippen MR) is 129 cm³/mol. The van der Waals surface area contributed by atoms with E-state index in [-0.39, 0.29) is 11.8 Å². The van der Waals surface area contributed by atoms with Crippen molar-refractivity contribution in [2.24, 2.45) is 0 Å². The molecule has 3 amide bonds. The molecule has 1 atom stereocenters. The quantitative estimate of drug-likeness (QED) is 0.462. The molecular formula is C22H25ClN6O3S. The highest BCUT2D eigenvalue weighted by molar-refractivity contribution is 7.99. The summed E-state index contributed by atoms with van der Waals surface area (Å²) in [5.74, 6) is 0.917. The Bertz CT molecular complexity index is 1100. The Labute approximate surface area is 201 Å². The van der Waals surface area contributed by atoms with Crippen LogP contribution in [0.25, 0.3) is 5.69 Å². The molecule has 0 fully saturated rings. The Hall–Kier alpha value is -3.08. The van der Waals surface area contributed by atoms with Crippen LogP contribution in [-0.2, 0) is 4.79 Å². The van der Waals surface area contributed by atoms with E-state index in [9.17, 15) is 9.59 Å². The van der Waals surface area contributed by atoms with E-state index in [1.165, 1.54) is 11.8 Å². The minimum Gasteiger partial charge on any atom is -0.497 e. The van der Waals surface area contributed by atoms with Gasteiger partial charge in [0, 0.05) is 16.4 Å². The van der Waals surface area contributed by atoms with E-state index in [1.807, 2.05) is 42.6 Å². The van der Waals surface area contributed by atoms with E-state index < -0.39 is 11.9 Å². The van der Waals surface area contributed by atoms with Crippen LogP contribution < -0.4 is 15.4 Å². The van der Waals surface area contributed by atoms with E-state index in [1.54, 1.807) is 43.5 Å². The summed E-state index contributed by atoms with van der Waals surface area (Å²) in [4.78, 5) is 26.5. The fraction of sp³-hybridized carbons (Fsp3) is 0.273. The number of urea groups is 1. The van der Waals surface area contributed by atoms with E-state index in [0.717, 1.165) is 11.5 Å². The first kappa shape index (κ1) is 24.6. The Morgan fingerprint density at radius 2 is 1.79 bits per heavy atom. The van der Waals surface area contributed by atoms with Crippen LogP contribution in [0.5, 0.6) is 5.75 Å². The highest BCUT2D eigenvalue weighted by atomic mass is 35.5. The molecule has 0 radical (unpaired) electrons. The molecule has 0 aliphatic carbocycles. The summed E-state index contributed by atoms with van der Waals surface area (Å²) < 4.78 is 6.97. The van der Waals surface area contributed by atoms with E-state index in [2.05, 4.69) is 20.8 Å². The van der Waals surface area contributed by atoms with Crippen LogP contribution in [0, 0.1) is 0 Å². The number of methoxy groups -OCH3 is 1. The molecule has 11 heteroatoms. The number of hydrogen-bond acceptors (Lipinski definition) is 7. The van der Waals surface area contributed by atoms with Crippen LogP contribution in [0.4, 0.5) is 10.5 Å². The highest BCUT2D eigenvalue weighted by Crippen LogP contribution is 2.27. The molecule has 1 unspecified atom stereocenters. The van der Waals surface area contributed by atoms with Gasteiger partial charge in [-0.15, -0.1) is 10.2 Å². The van der Waals surface area contributed by atoms with E-state index >= 15 is 0 Å². The van der Waals surface area contributed by atoms with Crippen LogP contribution in [0.15, 0.2) is 53.7 Å². The minimum absolute atomic E-state index is 0.0158. The number of anilines is 1. The van der Waals surface area contributed by atoms with Crippen LogP contribution in [0.3, 0.4) is 0 Å². The molecule has 1 aromatic heterocycles. The van der Waals surface area contributed by atoms with Gasteiger partial charge in [-0.25, -0.2) is 4.79 Å². The van der Waals surface area contributed by atoms with Crippen molar-refractivity contribution in [1.82, 2.24) is 25.0 Å². The van der Waals surface area contributed by atoms with Gasteiger partial charge in [0.25, 0.3) is 0 Å². The van der Waals surface area contributed by atoms with Crippen molar-refractivity contribution in [3.63, 3.8) is 0 Å². The first-order valence-electron chi connectivity index (χ1n) is 10.0. The molecule has 2 aromatic carbocycles. The molecule has 1 heterocycles. The molecule has 0 aliphatic rings. The van der Waals surface area contributed by atoms with Gasteiger partial charge in [0.05, 0.1) is 18.9 Å². The van der Waals surface area contributed by atoms with Crippen molar-refractivity contribution < 1.29 is 14.3 Å². The normalized spacial score (nSPS) is 11.8. The van der Waals surface area contributed by atoms with E-state index in [4.69, 9.17) is 16.3 Å². The third kappa shape index (κ3) is 6.47. The molecule has 0 aliphatic heterocycles. The standard InChI is InChI=1S/C22H25ClN6O3S/c1-14(28(2)3)20-26-27-22(29(20)17-9-5-15(23)6-10-17)33-13-19(30)25-21(31)24-16-7-11-18(32-4)12-8-16/h5-12,14H,13H2,1-4H3,(H2,24,25,30,31). The number of ether oxygens (including phenoxy) is 1. The second kappa shape index (κ2) is 11.2. The summed E-state index contributed by atoms with van der Waals surface area (Å²) in [6.45, 7) is 2.01. The fourth-order valence-corrected chi connectivity index (χ4v) is 3.72. The van der Waals surface area contributed by atoms with Gasteiger partial charge in [-0.05, 0) is 69.6 Å². The van der Waals surface area contributed by atoms with Crippen molar-refractivity contribution in [1.29, 1.82) is 0 Å². The minimum atomic E-state index is -0.619. The summed E-state index contributed by atoms with van der Waals surface area (Å²) in [5, 5.41) is 14.7. The SMILES string of the molecule is COc1ccc(NC(=O)NC(=O)CSc2nnc(C(C)N(C)C)n2-c2ccc(Cl)cc2)cc1. The number of nitrogens with zero attached hydrogens (tertiary/aromatic N) is 4. The molecule has 0 bridgehead atoms. The van der Waals surface area contributed by atoms with Gasteiger partial charge < -0.3 is 10.1 Å². The summed E-state index contributed by atoms with van der Waals surface area (Å²) in [5.41, 5.74) is 1.37. The first-order chi connectivity index (χ1) is 15.8. The lowest BCUT2D eigenvalue weighted by atomic mass is 10.2. The number of carbonyl (C=O) groups excluding carboxylic acids is 2. The molecule has 9 nitrogen and oxygen atoms in total. The van der Waals surface area contributed by atoms with E-state index in [0.29, 0.717) is 21.6 Å². The molecular weight excluding hydrogens is 464 g/mol. The number of halogens is 1. The van der Waals surface area contributed by atoms with Gasteiger partial charge in [-0.3, -0.25) is 19.6 Å². The average molecular weight is 489 g/mol. The largest absolute Gasteiger partial charge is 0.497 e. The Balaban J connectivity index is 1.67. The third-order valence-corrected chi connectivity index (χ3v) is 6.01. The summed E-state index contributed by atoms with van der Waals surface area (Å²) in [6.07, 6.45) is 0. The number of imide groups is 1. The maximum atomic E-state index is 12.4. The topological polar surface area (TPSA) is 101 Å². The second-order valence-electron chi connectivity index (χ2n) is 7.31. The number of carbonyl (C=O) groups is 2. The van der Waals surface area contributed by atoms with Gasteiger partial charge in [-0.2, -0.15) is 0 Å². The maximum Gasteiger partial charge on any atom is 0.325 e. The smallest absolute Gasteiger partial charge is 0.325 e. The number of thioether (sulfide) groups is 1. The van der Waals surface area contributed by atoms with Crippen molar-refractivity contribution >= 4 is 41.0 Å². The molecule has 0 saturated heterocycles. The number of aromatic nitrogens is 3. The average Bonchev–Trinajstić information content (AvgIpc) is 3.21. The Kier molecular flexibility index (Phi) is 8.32. The highest BCUT2D eigenvalue weighted by Gasteiger charge is 2.22.